The van der Waals surface area contributed by atoms with Crippen LogP contribution < -0.4 is 10.6 Å². The van der Waals surface area contributed by atoms with Gasteiger partial charge in [-0.25, -0.2) is 4.98 Å². The summed E-state index contributed by atoms with van der Waals surface area (Å²) < 4.78 is 0. The van der Waals surface area contributed by atoms with Gasteiger partial charge in [-0.15, -0.1) is 0 Å². The van der Waals surface area contributed by atoms with Crippen LogP contribution >= 0.6 is 0 Å². The Morgan fingerprint density at radius 1 is 1.35 bits per heavy atom. The van der Waals surface area contributed by atoms with E-state index in [0.717, 1.165) is 44.8 Å². The summed E-state index contributed by atoms with van der Waals surface area (Å²) in [6, 6.07) is 0. The van der Waals surface area contributed by atoms with Gasteiger partial charge in [0, 0.05) is 44.5 Å². The fraction of sp³-hybridized carbons (Fsp3) is 0.643. The molecule has 1 unspecified atom stereocenters. The van der Waals surface area contributed by atoms with Crippen LogP contribution in [0, 0.1) is 5.92 Å². The van der Waals surface area contributed by atoms with Gasteiger partial charge < -0.3 is 15.5 Å². The van der Waals surface area contributed by atoms with Crippen molar-refractivity contribution in [1.29, 1.82) is 0 Å². The molecule has 1 atom stereocenters. The maximum atomic E-state index is 12.3. The van der Waals surface area contributed by atoms with E-state index >= 15 is 0 Å². The number of nitrogens with zero attached hydrogens (tertiary/aromatic N) is 4. The van der Waals surface area contributed by atoms with Gasteiger partial charge in [0.25, 0.3) is 0 Å². The summed E-state index contributed by atoms with van der Waals surface area (Å²) >= 11 is 0. The molecule has 2 rings (SSSR count). The number of anilines is 1. The number of hydrogen-bond acceptors (Lipinski definition) is 5. The molecule has 0 spiro atoms. The van der Waals surface area contributed by atoms with Gasteiger partial charge in [-0.3, -0.25) is 9.78 Å². The topological polar surface area (TPSA) is 75.4 Å². The zero-order valence-corrected chi connectivity index (χ0v) is 12.0. The number of aromatic nitrogens is 2. The van der Waals surface area contributed by atoms with Crippen molar-refractivity contribution < 1.29 is 4.79 Å². The average molecular weight is 277 g/mol. The Labute approximate surface area is 120 Å². The molecule has 6 nitrogen and oxygen atoms in total. The third-order valence-electron chi connectivity index (χ3n) is 3.73. The van der Waals surface area contributed by atoms with E-state index in [-0.39, 0.29) is 11.8 Å². The van der Waals surface area contributed by atoms with E-state index in [1.165, 1.54) is 0 Å². The normalized spacial score (nSPS) is 17.1. The van der Waals surface area contributed by atoms with Gasteiger partial charge in [-0.1, -0.05) is 6.92 Å². The van der Waals surface area contributed by atoms with Crippen LogP contribution in [0.1, 0.15) is 19.8 Å². The highest BCUT2D eigenvalue weighted by molar-refractivity contribution is 5.78. The second-order valence-corrected chi connectivity index (χ2v) is 5.21. The number of hydrogen-bond donors (Lipinski definition) is 1. The molecule has 1 fully saturated rings. The van der Waals surface area contributed by atoms with Crippen molar-refractivity contribution in [2.45, 2.75) is 19.8 Å². The van der Waals surface area contributed by atoms with Crippen molar-refractivity contribution in [2.24, 2.45) is 11.7 Å². The van der Waals surface area contributed by atoms with E-state index < -0.39 is 0 Å². The summed E-state index contributed by atoms with van der Waals surface area (Å²) in [4.78, 5) is 24.8. The standard InChI is InChI=1S/C14H23N5O/c1-12(3-2-4-15)14(20)19-9-7-18(8-10-19)13-11-16-5-6-17-13/h5-6,11-12H,2-4,7-10,15H2,1H3. The van der Waals surface area contributed by atoms with Crippen LogP contribution in [0.25, 0.3) is 0 Å². The lowest BCUT2D eigenvalue weighted by molar-refractivity contribution is -0.135. The van der Waals surface area contributed by atoms with Crippen molar-refractivity contribution >= 4 is 11.7 Å². The molecule has 0 saturated carbocycles. The molecule has 1 aliphatic heterocycles. The minimum atomic E-state index is 0.0709. The van der Waals surface area contributed by atoms with Crippen molar-refractivity contribution in [3.8, 4) is 0 Å². The molecule has 1 aromatic rings. The second kappa shape index (κ2) is 7.19. The SMILES string of the molecule is CC(CCCN)C(=O)N1CCN(c2cnccn2)CC1. The van der Waals surface area contributed by atoms with E-state index in [2.05, 4.69) is 14.9 Å². The lowest BCUT2D eigenvalue weighted by Crippen LogP contribution is -2.50. The monoisotopic (exact) mass is 277 g/mol. The predicted octanol–water partition coefficient (Wildman–Crippen LogP) is 0.500. The first kappa shape index (κ1) is 14.7. The molecule has 0 aliphatic carbocycles. The average Bonchev–Trinajstić information content (AvgIpc) is 2.53. The van der Waals surface area contributed by atoms with Gasteiger partial charge >= 0.3 is 0 Å². The molecule has 1 saturated heterocycles. The minimum Gasteiger partial charge on any atom is -0.352 e. The smallest absolute Gasteiger partial charge is 0.225 e. The maximum Gasteiger partial charge on any atom is 0.225 e. The van der Waals surface area contributed by atoms with Crippen LogP contribution in [-0.4, -0.2) is 53.5 Å². The zero-order chi connectivity index (χ0) is 14.4. The van der Waals surface area contributed by atoms with Gasteiger partial charge in [0.1, 0.15) is 5.82 Å². The number of rotatable bonds is 5. The third kappa shape index (κ3) is 3.66. The van der Waals surface area contributed by atoms with E-state index in [9.17, 15) is 4.79 Å². The van der Waals surface area contributed by atoms with Crippen LogP contribution in [0.5, 0.6) is 0 Å². The maximum absolute atomic E-state index is 12.3. The van der Waals surface area contributed by atoms with Crippen molar-refractivity contribution in [1.82, 2.24) is 14.9 Å². The Kier molecular flexibility index (Phi) is 5.29. The molecule has 2 heterocycles. The highest BCUT2D eigenvalue weighted by Crippen LogP contribution is 2.15. The number of amides is 1. The van der Waals surface area contributed by atoms with Gasteiger partial charge in [-0.05, 0) is 19.4 Å². The highest BCUT2D eigenvalue weighted by atomic mass is 16.2. The lowest BCUT2D eigenvalue weighted by atomic mass is 10.0. The molecule has 6 heteroatoms. The Bertz CT molecular complexity index is 417. The van der Waals surface area contributed by atoms with Gasteiger partial charge in [0.15, 0.2) is 0 Å². The summed E-state index contributed by atoms with van der Waals surface area (Å²) in [6.45, 7) is 5.78. The first-order valence-corrected chi connectivity index (χ1v) is 7.22. The molecule has 1 amide bonds. The van der Waals surface area contributed by atoms with E-state index in [1.807, 2.05) is 11.8 Å². The Balaban J connectivity index is 1.83. The van der Waals surface area contributed by atoms with E-state index in [0.29, 0.717) is 6.54 Å². The number of carbonyl (C=O) groups excluding carboxylic acids is 1. The van der Waals surface area contributed by atoms with Crippen LogP contribution in [0.15, 0.2) is 18.6 Å². The summed E-state index contributed by atoms with van der Waals surface area (Å²) in [5.41, 5.74) is 5.49. The van der Waals surface area contributed by atoms with Gasteiger partial charge in [0.05, 0.1) is 6.20 Å². The van der Waals surface area contributed by atoms with Crippen molar-refractivity contribution in [2.75, 3.05) is 37.6 Å². The van der Waals surface area contributed by atoms with Crippen LogP contribution in [0.4, 0.5) is 5.82 Å². The molecule has 1 aromatic heterocycles. The number of piperazine rings is 1. The summed E-state index contributed by atoms with van der Waals surface area (Å²) in [5.74, 6) is 1.20. The number of nitrogens with two attached hydrogens (primary N) is 1. The number of carbonyl (C=O) groups is 1. The summed E-state index contributed by atoms with van der Waals surface area (Å²) in [7, 11) is 0. The largest absolute Gasteiger partial charge is 0.352 e. The van der Waals surface area contributed by atoms with E-state index in [1.54, 1.807) is 18.6 Å². The van der Waals surface area contributed by atoms with Crippen LogP contribution in [0.3, 0.4) is 0 Å². The first-order chi connectivity index (χ1) is 9.72. The molecule has 1 aliphatic rings. The molecule has 0 bridgehead atoms. The Hall–Kier alpha value is -1.69. The van der Waals surface area contributed by atoms with Gasteiger partial charge in [0.2, 0.25) is 5.91 Å². The lowest BCUT2D eigenvalue weighted by Gasteiger charge is -2.36. The third-order valence-corrected chi connectivity index (χ3v) is 3.73. The summed E-state index contributed by atoms with van der Waals surface area (Å²) in [5, 5.41) is 0. The fourth-order valence-corrected chi connectivity index (χ4v) is 2.47. The predicted molar refractivity (Wildman–Crippen MR) is 78.3 cm³/mol. The fourth-order valence-electron chi connectivity index (χ4n) is 2.47. The highest BCUT2D eigenvalue weighted by Gasteiger charge is 2.24. The zero-order valence-electron chi connectivity index (χ0n) is 12.0. The van der Waals surface area contributed by atoms with Crippen molar-refractivity contribution in [3.05, 3.63) is 18.6 Å². The molecular weight excluding hydrogens is 254 g/mol. The van der Waals surface area contributed by atoms with Crippen LogP contribution in [-0.2, 0) is 4.79 Å². The second-order valence-electron chi connectivity index (χ2n) is 5.21. The Morgan fingerprint density at radius 2 is 2.10 bits per heavy atom. The van der Waals surface area contributed by atoms with Crippen molar-refractivity contribution in [3.63, 3.8) is 0 Å². The minimum absolute atomic E-state index is 0.0709. The first-order valence-electron chi connectivity index (χ1n) is 7.22. The molecule has 2 N–H and O–H groups in total. The summed E-state index contributed by atoms with van der Waals surface area (Å²) in [6.07, 6.45) is 6.91. The molecule has 0 aromatic carbocycles. The molecule has 0 radical (unpaired) electrons. The molecule has 20 heavy (non-hydrogen) atoms. The van der Waals surface area contributed by atoms with Crippen LogP contribution in [0.2, 0.25) is 0 Å². The molecular formula is C14H23N5O. The van der Waals surface area contributed by atoms with Gasteiger partial charge in [-0.2, -0.15) is 0 Å². The molecule has 110 valence electrons. The quantitative estimate of drug-likeness (QED) is 0.848. The Morgan fingerprint density at radius 3 is 2.70 bits per heavy atom. The van der Waals surface area contributed by atoms with E-state index in [4.69, 9.17) is 5.73 Å².